The van der Waals surface area contributed by atoms with Gasteiger partial charge in [0, 0.05) is 50.7 Å². The maximum atomic E-state index is 12.4. The molecule has 1 aromatic heterocycles. The molecule has 0 bridgehead atoms. The Bertz CT molecular complexity index is 674. The molecule has 1 amide bonds. The van der Waals surface area contributed by atoms with E-state index in [0.29, 0.717) is 51.5 Å². The van der Waals surface area contributed by atoms with Gasteiger partial charge in [0.1, 0.15) is 5.69 Å². The standard InChI is InChI=1S/C15H24N4O4S2/c1-25(21,22)19(5-4-17-6-8-23-9-7-17)13-2-3-18(10-13)15(20)14-11-24-12-16-14/h11-13H,2-10H2,1H3. The highest BCUT2D eigenvalue weighted by Crippen LogP contribution is 2.20. The first-order valence-electron chi connectivity index (χ1n) is 8.39. The summed E-state index contributed by atoms with van der Waals surface area (Å²) >= 11 is 1.38. The Morgan fingerprint density at radius 2 is 2.16 bits per heavy atom. The molecule has 0 aliphatic carbocycles. The van der Waals surface area contributed by atoms with Gasteiger partial charge in [-0.3, -0.25) is 9.69 Å². The Morgan fingerprint density at radius 1 is 1.40 bits per heavy atom. The Balaban J connectivity index is 1.61. The van der Waals surface area contributed by atoms with Crippen molar-refractivity contribution < 1.29 is 17.9 Å². The summed E-state index contributed by atoms with van der Waals surface area (Å²) in [5, 5.41) is 1.72. The lowest BCUT2D eigenvalue weighted by Gasteiger charge is -2.31. The highest BCUT2D eigenvalue weighted by molar-refractivity contribution is 7.88. The minimum Gasteiger partial charge on any atom is -0.379 e. The number of morpholine rings is 1. The van der Waals surface area contributed by atoms with E-state index in [9.17, 15) is 13.2 Å². The number of hydrogen-bond donors (Lipinski definition) is 0. The number of nitrogens with zero attached hydrogens (tertiary/aromatic N) is 4. The van der Waals surface area contributed by atoms with Crippen LogP contribution in [0.15, 0.2) is 10.9 Å². The first-order chi connectivity index (χ1) is 11.9. The predicted octanol–water partition coefficient (Wildman–Crippen LogP) is -0.0486. The minimum atomic E-state index is -3.33. The van der Waals surface area contributed by atoms with Crippen molar-refractivity contribution in [3.63, 3.8) is 0 Å². The molecule has 0 radical (unpaired) electrons. The first kappa shape index (κ1) is 18.7. The largest absolute Gasteiger partial charge is 0.379 e. The highest BCUT2D eigenvalue weighted by Gasteiger charge is 2.35. The molecular formula is C15H24N4O4S2. The van der Waals surface area contributed by atoms with Gasteiger partial charge in [-0.05, 0) is 6.42 Å². The van der Waals surface area contributed by atoms with E-state index >= 15 is 0 Å². The molecule has 3 rings (SSSR count). The van der Waals surface area contributed by atoms with E-state index in [1.807, 2.05) is 0 Å². The van der Waals surface area contributed by atoms with Crippen LogP contribution in [0.5, 0.6) is 0 Å². The van der Waals surface area contributed by atoms with Gasteiger partial charge < -0.3 is 9.64 Å². The van der Waals surface area contributed by atoms with Gasteiger partial charge in [-0.2, -0.15) is 4.31 Å². The van der Waals surface area contributed by atoms with Crippen molar-refractivity contribution in [2.75, 3.05) is 58.7 Å². The number of rotatable bonds is 6. The minimum absolute atomic E-state index is 0.120. The molecule has 0 spiro atoms. The topological polar surface area (TPSA) is 83.1 Å². The van der Waals surface area contributed by atoms with Crippen LogP contribution in [0.1, 0.15) is 16.9 Å². The third kappa shape index (κ3) is 4.76. The molecule has 0 saturated carbocycles. The second-order valence-electron chi connectivity index (χ2n) is 6.40. The van der Waals surface area contributed by atoms with Crippen LogP contribution in [0.4, 0.5) is 0 Å². The summed E-state index contributed by atoms with van der Waals surface area (Å²) in [5.41, 5.74) is 2.07. The first-order valence-corrected chi connectivity index (χ1v) is 11.2. The lowest BCUT2D eigenvalue weighted by atomic mass is 10.2. The molecule has 2 aliphatic rings. The number of hydrogen-bond acceptors (Lipinski definition) is 7. The van der Waals surface area contributed by atoms with Crippen molar-refractivity contribution in [3.05, 3.63) is 16.6 Å². The molecule has 0 N–H and O–H groups in total. The molecule has 8 nitrogen and oxygen atoms in total. The van der Waals surface area contributed by atoms with Crippen molar-refractivity contribution >= 4 is 27.3 Å². The predicted molar refractivity (Wildman–Crippen MR) is 95.2 cm³/mol. The molecule has 2 fully saturated rings. The van der Waals surface area contributed by atoms with Gasteiger partial charge >= 0.3 is 0 Å². The molecule has 1 atom stereocenters. The van der Waals surface area contributed by atoms with Gasteiger partial charge in [0.25, 0.3) is 5.91 Å². The van der Waals surface area contributed by atoms with E-state index in [-0.39, 0.29) is 11.9 Å². The fraction of sp³-hybridized carbons (Fsp3) is 0.733. The summed E-state index contributed by atoms with van der Waals surface area (Å²) in [4.78, 5) is 20.4. The number of ether oxygens (including phenoxy) is 1. The number of carbonyl (C=O) groups excluding carboxylic acids is 1. The van der Waals surface area contributed by atoms with Crippen LogP contribution in [0, 0.1) is 0 Å². The van der Waals surface area contributed by atoms with Gasteiger partial charge in [0.05, 0.1) is 25.0 Å². The van der Waals surface area contributed by atoms with E-state index in [1.54, 1.807) is 20.1 Å². The quantitative estimate of drug-likeness (QED) is 0.680. The Morgan fingerprint density at radius 3 is 2.80 bits per heavy atom. The monoisotopic (exact) mass is 388 g/mol. The molecule has 0 aromatic carbocycles. The van der Waals surface area contributed by atoms with Gasteiger partial charge in [0.15, 0.2) is 0 Å². The van der Waals surface area contributed by atoms with E-state index in [0.717, 1.165) is 13.1 Å². The highest BCUT2D eigenvalue weighted by atomic mass is 32.2. The van der Waals surface area contributed by atoms with Crippen LogP contribution in [-0.4, -0.2) is 98.2 Å². The third-order valence-electron chi connectivity index (χ3n) is 4.68. The van der Waals surface area contributed by atoms with E-state index in [1.165, 1.54) is 17.6 Å². The third-order valence-corrected chi connectivity index (χ3v) is 6.59. The maximum absolute atomic E-state index is 12.4. The SMILES string of the molecule is CS(=O)(=O)N(CCN1CCOCC1)C1CCN(C(=O)c2cscn2)C1. The normalized spacial score (nSPS) is 22.6. The van der Waals surface area contributed by atoms with Crippen molar-refractivity contribution in [3.8, 4) is 0 Å². The fourth-order valence-corrected chi connectivity index (χ4v) is 4.98. The van der Waals surface area contributed by atoms with Crippen molar-refractivity contribution in [2.24, 2.45) is 0 Å². The molecular weight excluding hydrogens is 364 g/mol. The summed E-state index contributed by atoms with van der Waals surface area (Å²) in [7, 11) is -3.33. The number of carbonyl (C=O) groups is 1. The Hall–Kier alpha value is -1.07. The average molecular weight is 389 g/mol. The summed E-state index contributed by atoms with van der Waals surface area (Å²) in [6.07, 6.45) is 1.91. The fourth-order valence-electron chi connectivity index (χ4n) is 3.33. The second-order valence-corrected chi connectivity index (χ2v) is 9.05. The number of sulfonamides is 1. The molecule has 3 heterocycles. The van der Waals surface area contributed by atoms with Crippen molar-refractivity contribution in [2.45, 2.75) is 12.5 Å². The van der Waals surface area contributed by atoms with E-state index in [4.69, 9.17) is 4.74 Å². The Labute approximate surface area is 152 Å². The lowest BCUT2D eigenvalue weighted by molar-refractivity contribution is 0.0353. The zero-order valence-corrected chi connectivity index (χ0v) is 16.0. The van der Waals surface area contributed by atoms with Crippen LogP contribution < -0.4 is 0 Å². The van der Waals surface area contributed by atoms with Crippen molar-refractivity contribution in [1.29, 1.82) is 0 Å². The van der Waals surface area contributed by atoms with Crippen molar-refractivity contribution in [1.82, 2.24) is 19.1 Å². The molecule has 1 unspecified atom stereocenters. The zero-order chi connectivity index (χ0) is 17.9. The molecule has 2 saturated heterocycles. The number of thiazole rings is 1. The zero-order valence-electron chi connectivity index (χ0n) is 14.3. The summed E-state index contributed by atoms with van der Waals surface area (Å²) < 4.78 is 31.4. The molecule has 1 aromatic rings. The van der Waals surface area contributed by atoms with Gasteiger partial charge in [-0.15, -0.1) is 11.3 Å². The van der Waals surface area contributed by atoms with Crippen LogP contribution in [0.2, 0.25) is 0 Å². The number of amides is 1. The average Bonchev–Trinajstić information content (AvgIpc) is 3.26. The number of likely N-dealkylation sites (tertiary alicyclic amines) is 1. The maximum Gasteiger partial charge on any atom is 0.273 e. The van der Waals surface area contributed by atoms with E-state index < -0.39 is 10.0 Å². The molecule has 140 valence electrons. The smallest absolute Gasteiger partial charge is 0.273 e. The van der Waals surface area contributed by atoms with Gasteiger partial charge in [-0.25, -0.2) is 13.4 Å². The second kappa shape index (κ2) is 8.09. The van der Waals surface area contributed by atoms with Crippen LogP contribution in [0.3, 0.4) is 0 Å². The van der Waals surface area contributed by atoms with E-state index in [2.05, 4.69) is 9.88 Å². The number of aromatic nitrogens is 1. The van der Waals surface area contributed by atoms with Crippen LogP contribution in [0.25, 0.3) is 0 Å². The summed E-state index contributed by atoms with van der Waals surface area (Å²) in [6.45, 7) is 5.16. The molecule has 25 heavy (non-hydrogen) atoms. The summed E-state index contributed by atoms with van der Waals surface area (Å²) in [6, 6.07) is -0.168. The van der Waals surface area contributed by atoms with Gasteiger partial charge in [0.2, 0.25) is 10.0 Å². The van der Waals surface area contributed by atoms with Crippen LogP contribution >= 0.6 is 11.3 Å². The van der Waals surface area contributed by atoms with Gasteiger partial charge in [-0.1, -0.05) is 0 Å². The summed E-state index contributed by atoms with van der Waals surface area (Å²) in [5.74, 6) is -0.120. The van der Waals surface area contributed by atoms with Crippen LogP contribution in [-0.2, 0) is 14.8 Å². The molecule has 2 aliphatic heterocycles. The lowest BCUT2D eigenvalue weighted by Crippen LogP contribution is -2.47. The Kier molecular flexibility index (Phi) is 6.05. The molecule has 10 heteroatoms.